The third kappa shape index (κ3) is 4.66. The zero-order valence-corrected chi connectivity index (χ0v) is 17.3. The molecular weight excluding hydrogens is 378 g/mol. The van der Waals surface area contributed by atoms with Crippen LogP contribution in [0.25, 0.3) is 0 Å². The molecule has 2 rings (SSSR count). The molecule has 7 heteroatoms. The van der Waals surface area contributed by atoms with Gasteiger partial charge in [-0.2, -0.15) is 4.31 Å². The summed E-state index contributed by atoms with van der Waals surface area (Å²) in [5.74, 6) is -1.06. The number of nitrogens with zero attached hydrogens (tertiary/aromatic N) is 1. The van der Waals surface area contributed by atoms with Crippen LogP contribution in [-0.4, -0.2) is 43.7 Å². The van der Waals surface area contributed by atoms with Gasteiger partial charge in [0.05, 0.1) is 10.5 Å². The molecule has 28 heavy (non-hydrogen) atoms. The number of aryl methyl sites for hydroxylation is 1. The van der Waals surface area contributed by atoms with E-state index in [2.05, 4.69) is 0 Å². The Balaban J connectivity index is 2.26. The van der Waals surface area contributed by atoms with Crippen molar-refractivity contribution in [3.05, 3.63) is 65.2 Å². The SMILES string of the molecule is CCN(CC)S(=O)(=O)c1cc(C(=O)O[C@H](C)C(=O)c2ccccc2)ccc1C. The minimum absolute atomic E-state index is 0.0627. The van der Waals surface area contributed by atoms with Crippen LogP contribution in [-0.2, 0) is 14.8 Å². The first-order valence-electron chi connectivity index (χ1n) is 9.13. The van der Waals surface area contributed by atoms with Gasteiger partial charge < -0.3 is 4.74 Å². The van der Waals surface area contributed by atoms with Gasteiger partial charge in [-0.1, -0.05) is 50.2 Å². The Labute approximate surface area is 166 Å². The van der Waals surface area contributed by atoms with Crippen molar-refractivity contribution >= 4 is 21.8 Å². The summed E-state index contributed by atoms with van der Waals surface area (Å²) in [5.41, 5.74) is 1.07. The fourth-order valence-corrected chi connectivity index (χ4v) is 4.54. The minimum Gasteiger partial charge on any atom is -0.451 e. The third-order valence-electron chi connectivity index (χ3n) is 4.46. The first-order chi connectivity index (χ1) is 13.2. The van der Waals surface area contributed by atoms with E-state index in [4.69, 9.17) is 4.74 Å². The lowest BCUT2D eigenvalue weighted by Gasteiger charge is -2.20. The van der Waals surface area contributed by atoms with E-state index in [1.165, 1.54) is 23.4 Å². The number of hydrogen-bond acceptors (Lipinski definition) is 5. The van der Waals surface area contributed by atoms with Crippen LogP contribution in [0.15, 0.2) is 53.4 Å². The number of rotatable bonds is 8. The van der Waals surface area contributed by atoms with Crippen molar-refractivity contribution in [1.29, 1.82) is 0 Å². The van der Waals surface area contributed by atoms with Crippen LogP contribution in [0.5, 0.6) is 0 Å². The number of carbonyl (C=O) groups is 2. The van der Waals surface area contributed by atoms with Gasteiger partial charge >= 0.3 is 5.97 Å². The number of ketones is 1. The first kappa shape index (κ1) is 21.8. The third-order valence-corrected chi connectivity index (χ3v) is 6.65. The summed E-state index contributed by atoms with van der Waals surface area (Å²) < 4.78 is 32.3. The highest BCUT2D eigenvalue weighted by atomic mass is 32.2. The largest absolute Gasteiger partial charge is 0.451 e. The number of esters is 1. The van der Waals surface area contributed by atoms with Gasteiger partial charge in [0.15, 0.2) is 6.10 Å². The molecule has 0 fully saturated rings. The Hall–Kier alpha value is -2.51. The molecule has 0 aliphatic heterocycles. The summed E-state index contributed by atoms with van der Waals surface area (Å²) >= 11 is 0. The zero-order valence-electron chi connectivity index (χ0n) is 16.5. The molecule has 0 radical (unpaired) electrons. The average molecular weight is 404 g/mol. The van der Waals surface area contributed by atoms with Gasteiger partial charge in [0.25, 0.3) is 0 Å². The molecule has 1 atom stereocenters. The Bertz CT molecular complexity index is 950. The van der Waals surface area contributed by atoms with Gasteiger partial charge in [0.1, 0.15) is 0 Å². The van der Waals surface area contributed by atoms with E-state index in [1.54, 1.807) is 57.2 Å². The number of sulfonamides is 1. The minimum atomic E-state index is -3.72. The van der Waals surface area contributed by atoms with Crippen molar-refractivity contribution in [1.82, 2.24) is 4.31 Å². The predicted octanol–water partition coefficient (Wildman–Crippen LogP) is 3.45. The van der Waals surface area contributed by atoms with Crippen molar-refractivity contribution in [3.63, 3.8) is 0 Å². The van der Waals surface area contributed by atoms with Gasteiger partial charge in [-0.05, 0) is 31.5 Å². The number of hydrogen-bond donors (Lipinski definition) is 0. The maximum Gasteiger partial charge on any atom is 0.338 e. The van der Waals surface area contributed by atoms with Crippen LogP contribution in [0.2, 0.25) is 0 Å². The Morgan fingerprint density at radius 1 is 1.00 bits per heavy atom. The van der Waals surface area contributed by atoms with Crippen LogP contribution >= 0.6 is 0 Å². The lowest BCUT2D eigenvalue weighted by Crippen LogP contribution is -2.31. The molecule has 0 saturated carbocycles. The van der Waals surface area contributed by atoms with Crippen molar-refractivity contribution in [2.45, 2.75) is 38.7 Å². The standard InChI is InChI=1S/C21H25NO5S/c1-5-22(6-2)28(25,26)19-14-18(13-12-15(19)3)21(24)27-16(4)20(23)17-10-8-7-9-11-17/h7-14,16H,5-6H2,1-4H3/t16-/m1/s1. The van der Waals surface area contributed by atoms with Gasteiger partial charge in [0, 0.05) is 18.7 Å². The molecule has 0 aromatic heterocycles. The molecule has 0 aliphatic carbocycles. The van der Waals surface area contributed by atoms with Crippen LogP contribution < -0.4 is 0 Å². The Morgan fingerprint density at radius 2 is 1.61 bits per heavy atom. The summed E-state index contributed by atoms with van der Waals surface area (Å²) in [6, 6.07) is 12.9. The maximum atomic E-state index is 12.8. The smallest absolute Gasteiger partial charge is 0.338 e. The van der Waals surface area contributed by atoms with Crippen LogP contribution in [0.3, 0.4) is 0 Å². The second-order valence-corrected chi connectivity index (χ2v) is 8.25. The number of benzene rings is 2. The molecule has 0 spiro atoms. The van der Waals surface area contributed by atoms with Crippen molar-refractivity contribution in [2.75, 3.05) is 13.1 Å². The molecule has 0 N–H and O–H groups in total. The molecule has 0 bridgehead atoms. The van der Waals surface area contributed by atoms with Crippen LogP contribution in [0.4, 0.5) is 0 Å². The van der Waals surface area contributed by atoms with Crippen molar-refractivity contribution in [3.8, 4) is 0 Å². The highest BCUT2D eigenvalue weighted by Gasteiger charge is 2.26. The summed E-state index contributed by atoms with van der Waals surface area (Å²) in [6.07, 6.45) is -0.987. The fourth-order valence-electron chi connectivity index (χ4n) is 2.83. The quantitative estimate of drug-likeness (QED) is 0.498. The van der Waals surface area contributed by atoms with E-state index in [1.807, 2.05) is 0 Å². The molecule has 2 aromatic rings. The number of Topliss-reactive ketones (excluding diaryl/α,β-unsaturated/α-hetero) is 1. The lowest BCUT2D eigenvalue weighted by molar-refractivity contribution is 0.0318. The normalized spacial score (nSPS) is 12.6. The summed E-state index contributed by atoms with van der Waals surface area (Å²) in [6.45, 7) is 7.34. The van der Waals surface area contributed by atoms with E-state index >= 15 is 0 Å². The molecule has 0 aliphatic rings. The van der Waals surface area contributed by atoms with Gasteiger partial charge in [-0.15, -0.1) is 0 Å². The van der Waals surface area contributed by atoms with Crippen molar-refractivity contribution < 1.29 is 22.7 Å². The molecule has 0 unspecified atom stereocenters. The van der Waals surface area contributed by atoms with E-state index in [-0.39, 0.29) is 16.2 Å². The second-order valence-electron chi connectivity index (χ2n) is 6.35. The van der Waals surface area contributed by atoms with E-state index in [9.17, 15) is 18.0 Å². The van der Waals surface area contributed by atoms with Crippen LogP contribution in [0, 0.1) is 6.92 Å². The van der Waals surface area contributed by atoms with Crippen LogP contribution in [0.1, 0.15) is 47.1 Å². The van der Waals surface area contributed by atoms with E-state index < -0.39 is 22.1 Å². The highest BCUT2D eigenvalue weighted by molar-refractivity contribution is 7.89. The predicted molar refractivity (Wildman–Crippen MR) is 107 cm³/mol. The fraction of sp³-hybridized carbons (Fsp3) is 0.333. The molecular formula is C21H25NO5S. The van der Waals surface area contributed by atoms with Gasteiger partial charge in [-0.3, -0.25) is 4.79 Å². The number of ether oxygens (including phenoxy) is 1. The number of carbonyl (C=O) groups excluding carboxylic acids is 2. The highest BCUT2D eigenvalue weighted by Crippen LogP contribution is 2.22. The molecule has 0 saturated heterocycles. The molecule has 0 amide bonds. The second kappa shape index (κ2) is 9.12. The van der Waals surface area contributed by atoms with E-state index in [0.29, 0.717) is 24.2 Å². The molecule has 6 nitrogen and oxygen atoms in total. The monoisotopic (exact) mass is 403 g/mol. The molecule has 2 aromatic carbocycles. The topological polar surface area (TPSA) is 80.8 Å². The van der Waals surface area contributed by atoms with E-state index in [0.717, 1.165) is 0 Å². The first-order valence-corrected chi connectivity index (χ1v) is 10.6. The zero-order chi connectivity index (χ0) is 20.9. The summed E-state index contributed by atoms with van der Waals surface area (Å²) in [4.78, 5) is 24.9. The van der Waals surface area contributed by atoms with Gasteiger partial charge in [0.2, 0.25) is 15.8 Å². The van der Waals surface area contributed by atoms with Gasteiger partial charge in [-0.25, -0.2) is 13.2 Å². The lowest BCUT2D eigenvalue weighted by atomic mass is 10.1. The molecule has 0 heterocycles. The Morgan fingerprint density at radius 3 is 2.18 bits per heavy atom. The molecule has 150 valence electrons. The summed E-state index contributed by atoms with van der Waals surface area (Å²) in [5, 5.41) is 0. The Kier molecular flexibility index (Phi) is 7.10. The van der Waals surface area contributed by atoms with Crippen molar-refractivity contribution in [2.24, 2.45) is 0 Å². The maximum absolute atomic E-state index is 12.8. The summed E-state index contributed by atoms with van der Waals surface area (Å²) in [7, 11) is -3.72. The average Bonchev–Trinajstić information content (AvgIpc) is 2.68.